The molecule has 1 saturated carbocycles. The van der Waals surface area contributed by atoms with Gasteiger partial charge in [0.15, 0.2) is 16.6 Å². The van der Waals surface area contributed by atoms with Crippen LogP contribution in [-0.4, -0.2) is 52.1 Å². The second-order valence-electron chi connectivity index (χ2n) is 16.8. The summed E-state index contributed by atoms with van der Waals surface area (Å²) in [5.41, 5.74) is 1.35. The van der Waals surface area contributed by atoms with Crippen LogP contribution in [0, 0.1) is 11.8 Å². The van der Waals surface area contributed by atoms with Gasteiger partial charge in [-0.3, -0.25) is 4.79 Å². The lowest BCUT2D eigenvalue weighted by molar-refractivity contribution is -0.147. The Bertz CT molecular complexity index is 1040. The van der Waals surface area contributed by atoms with Gasteiger partial charge < -0.3 is 18.7 Å². The van der Waals surface area contributed by atoms with Gasteiger partial charge in [-0.2, -0.15) is 0 Å². The zero-order valence-corrected chi connectivity index (χ0v) is 32.9. The van der Waals surface area contributed by atoms with E-state index >= 15 is 0 Å². The topological polar surface area (TPSA) is 65.0 Å². The Labute approximate surface area is 279 Å². The van der Waals surface area contributed by atoms with Crippen molar-refractivity contribution < 1.29 is 23.5 Å². The molecule has 0 saturated heterocycles. The number of carbonyl (C=O) groups is 1. The van der Waals surface area contributed by atoms with E-state index in [9.17, 15) is 9.90 Å². The normalized spacial score (nSPS) is 22.4. The third-order valence-corrected chi connectivity index (χ3v) is 19.7. The molecule has 0 amide bonds. The van der Waals surface area contributed by atoms with E-state index in [2.05, 4.69) is 110 Å². The van der Waals surface area contributed by atoms with Crippen LogP contribution in [0.1, 0.15) is 112 Å². The van der Waals surface area contributed by atoms with Crippen molar-refractivity contribution in [2.24, 2.45) is 11.8 Å². The highest BCUT2D eigenvalue weighted by Crippen LogP contribution is 2.46. The molecule has 0 bridgehead atoms. The number of unbranched alkanes of at least 4 members (excludes halogenated alkanes) is 1. The first-order valence-corrected chi connectivity index (χ1v) is 23.5. The van der Waals surface area contributed by atoms with Gasteiger partial charge in [-0.05, 0) is 119 Å². The first kappa shape index (κ1) is 39.9. The molecule has 0 aromatic heterocycles. The van der Waals surface area contributed by atoms with Crippen LogP contribution in [0.3, 0.4) is 0 Å². The summed E-state index contributed by atoms with van der Waals surface area (Å²) in [5.74, 6) is 0.313. The number of esters is 1. The Morgan fingerprint density at radius 1 is 0.933 bits per heavy atom. The smallest absolute Gasteiger partial charge is 0.306 e. The third-order valence-electron chi connectivity index (χ3n) is 10.6. The molecule has 258 valence electrons. The molecule has 5 nitrogen and oxygen atoms in total. The predicted octanol–water partition coefficient (Wildman–Crippen LogP) is 10.2. The second kappa shape index (κ2) is 17.2. The summed E-state index contributed by atoms with van der Waals surface area (Å²) in [6.07, 6.45) is 11.8. The summed E-state index contributed by atoms with van der Waals surface area (Å²) < 4.78 is 19.4. The van der Waals surface area contributed by atoms with Crippen molar-refractivity contribution in [1.82, 2.24) is 0 Å². The average Bonchev–Trinajstić information content (AvgIpc) is 3.19. The van der Waals surface area contributed by atoms with Crippen molar-refractivity contribution >= 4 is 22.6 Å². The van der Waals surface area contributed by atoms with Crippen molar-refractivity contribution in [2.45, 2.75) is 174 Å². The Hall–Kier alpha value is -1.26. The van der Waals surface area contributed by atoms with Crippen molar-refractivity contribution in [3.8, 4) is 0 Å². The highest BCUT2D eigenvalue weighted by molar-refractivity contribution is 6.74. The summed E-state index contributed by atoms with van der Waals surface area (Å²) in [7, 11) is -3.97. The summed E-state index contributed by atoms with van der Waals surface area (Å²) in [6, 6.07) is 10.7. The van der Waals surface area contributed by atoms with Crippen molar-refractivity contribution in [3.05, 3.63) is 48.0 Å². The van der Waals surface area contributed by atoms with Crippen molar-refractivity contribution in [3.63, 3.8) is 0 Å². The molecule has 2 rings (SSSR count). The molecule has 1 aromatic rings. The number of aliphatic hydroxyl groups is 1. The number of hydrogen-bond donors (Lipinski definition) is 1. The van der Waals surface area contributed by atoms with Gasteiger partial charge in [0.05, 0.1) is 18.3 Å². The van der Waals surface area contributed by atoms with Gasteiger partial charge in [-0.15, -0.1) is 0 Å². The van der Waals surface area contributed by atoms with E-state index < -0.39 is 16.6 Å². The van der Waals surface area contributed by atoms with Crippen LogP contribution in [0.25, 0.3) is 0 Å². The van der Waals surface area contributed by atoms with Crippen LogP contribution < -0.4 is 0 Å². The highest BCUT2D eigenvalue weighted by Gasteiger charge is 2.47. The number of allylic oxidation sites excluding steroid dienone is 2. The van der Waals surface area contributed by atoms with Crippen molar-refractivity contribution in [2.75, 3.05) is 0 Å². The first-order valence-electron chi connectivity index (χ1n) is 17.7. The predicted molar refractivity (Wildman–Crippen MR) is 195 cm³/mol. The molecule has 0 radical (unpaired) electrons. The molecule has 7 heteroatoms. The van der Waals surface area contributed by atoms with Gasteiger partial charge in [0.2, 0.25) is 0 Å². The average molecular weight is 661 g/mol. The fraction of sp³-hybridized carbons (Fsp3) is 0.763. The lowest BCUT2D eigenvalue weighted by atomic mass is 9.85. The van der Waals surface area contributed by atoms with E-state index in [1.165, 1.54) is 5.56 Å². The summed E-state index contributed by atoms with van der Waals surface area (Å²) >= 11 is 0. The minimum Gasteiger partial charge on any atom is -0.463 e. The standard InChI is InChI=1S/C38H68O5Si2/c1-29(2)41-36(40)23-19-14-13-18-22-33-32(34(39)28-35(33)43-45(11,12)38(6,7)8)27-26-31(42-44(9,10)37(3,4)5)25-24-30-20-16-15-17-21-30/h13,15-18,20-21,29,31-35,39H,14,19,22-28H2,1-12H3/t31?,32-,33-,34-,35+/m1/s1. The first-order chi connectivity index (χ1) is 20.7. The number of benzene rings is 1. The zero-order chi connectivity index (χ0) is 34.1. The summed E-state index contributed by atoms with van der Waals surface area (Å²) in [4.78, 5) is 11.9. The monoisotopic (exact) mass is 660 g/mol. The number of rotatable bonds is 17. The van der Waals surface area contributed by atoms with E-state index in [-0.39, 0.29) is 52.3 Å². The lowest BCUT2D eigenvalue weighted by Gasteiger charge is -2.41. The molecule has 0 spiro atoms. The molecule has 1 aliphatic carbocycles. The highest BCUT2D eigenvalue weighted by atomic mass is 28.4. The Kier molecular flexibility index (Phi) is 15.3. The van der Waals surface area contributed by atoms with Gasteiger partial charge in [0, 0.05) is 12.5 Å². The maximum absolute atomic E-state index is 11.9. The van der Waals surface area contributed by atoms with Crippen molar-refractivity contribution in [1.29, 1.82) is 0 Å². The molecule has 45 heavy (non-hydrogen) atoms. The molecular formula is C38H68O5Si2. The van der Waals surface area contributed by atoms with Gasteiger partial charge in [-0.25, -0.2) is 0 Å². The minimum atomic E-state index is -2.01. The van der Waals surface area contributed by atoms with Gasteiger partial charge in [0.1, 0.15) is 0 Å². The molecule has 0 heterocycles. The molecule has 1 unspecified atom stereocenters. The Balaban J connectivity index is 2.19. The van der Waals surface area contributed by atoms with E-state index in [1.807, 2.05) is 13.8 Å². The lowest BCUT2D eigenvalue weighted by Crippen LogP contribution is -2.45. The van der Waals surface area contributed by atoms with Gasteiger partial charge >= 0.3 is 5.97 Å². The molecular weight excluding hydrogens is 593 g/mol. The van der Waals surface area contributed by atoms with Crippen LogP contribution in [-0.2, 0) is 24.8 Å². The zero-order valence-electron chi connectivity index (χ0n) is 30.9. The SMILES string of the molecule is CC(C)OC(=O)CCCC=CC[C@@H]1[C@@H](CCC(CCc2ccccc2)O[Si](C)(C)C(C)(C)C)[C@H](O)C[C@@H]1O[Si](C)(C)C(C)(C)C. The fourth-order valence-corrected chi connectivity index (χ4v) is 8.64. The van der Waals surface area contributed by atoms with E-state index in [0.29, 0.717) is 12.8 Å². The Morgan fingerprint density at radius 2 is 1.56 bits per heavy atom. The van der Waals surface area contributed by atoms with Crippen LogP contribution in [0.2, 0.25) is 36.3 Å². The summed E-state index contributed by atoms with van der Waals surface area (Å²) in [6.45, 7) is 26.9. The van der Waals surface area contributed by atoms with E-state index in [0.717, 1.165) is 44.9 Å². The van der Waals surface area contributed by atoms with Crippen LogP contribution >= 0.6 is 0 Å². The van der Waals surface area contributed by atoms with Crippen LogP contribution in [0.15, 0.2) is 42.5 Å². The molecule has 5 atom stereocenters. The maximum Gasteiger partial charge on any atom is 0.306 e. The molecule has 1 aliphatic rings. The number of aryl methyl sites for hydroxylation is 1. The second-order valence-corrected chi connectivity index (χ2v) is 26.3. The van der Waals surface area contributed by atoms with Crippen LogP contribution in [0.4, 0.5) is 0 Å². The molecule has 1 N–H and O–H groups in total. The van der Waals surface area contributed by atoms with E-state index in [4.69, 9.17) is 13.6 Å². The molecule has 1 aromatic carbocycles. The molecule has 1 fully saturated rings. The number of ether oxygens (including phenoxy) is 1. The fourth-order valence-electron chi connectivity index (χ4n) is 5.84. The molecule has 0 aliphatic heterocycles. The summed E-state index contributed by atoms with van der Waals surface area (Å²) in [5, 5.41) is 11.8. The van der Waals surface area contributed by atoms with Gasteiger partial charge in [-0.1, -0.05) is 84.0 Å². The van der Waals surface area contributed by atoms with Gasteiger partial charge in [0.25, 0.3) is 0 Å². The van der Waals surface area contributed by atoms with E-state index in [1.54, 1.807) is 0 Å². The number of hydrogen-bond acceptors (Lipinski definition) is 5. The minimum absolute atomic E-state index is 0.0561. The maximum atomic E-state index is 11.9. The third kappa shape index (κ3) is 13.0. The Morgan fingerprint density at radius 3 is 2.13 bits per heavy atom. The number of carbonyl (C=O) groups excluding carboxylic acids is 1. The van der Waals surface area contributed by atoms with Crippen LogP contribution in [0.5, 0.6) is 0 Å². The quantitative estimate of drug-likeness (QED) is 0.0780. The largest absolute Gasteiger partial charge is 0.463 e. The number of aliphatic hydroxyl groups excluding tert-OH is 1.